The first-order valence-corrected chi connectivity index (χ1v) is 8.60. The molecule has 2 saturated heterocycles. The Kier molecular flexibility index (Phi) is 5.01. The highest BCUT2D eigenvalue weighted by atomic mass is 16.2. The van der Waals surface area contributed by atoms with E-state index in [1.165, 1.54) is 18.4 Å². The molecule has 2 fully saturated rings. The van der Waals surface area contributed by atoms with Crippen molar-refractivity contribution in [3.63, 3.8) is 0 Å². The van der Waals surface area contributed by atoms with Gasteiger partial charge in [0.15, 0.2) is 0 Å². The van der Waals surface area contributed by atoms with Crippen LogP contribution in [0.1, 0.15) is 38.2 Å². The van der Waals surface area contributed by atoms with Gasteiger partial charge in [0.25, 0.3) is 0 Å². The number of carbonyl (C=O) groups is 1. The Morgan fingerprint density at radius 1 is 1.22 bits per heavy atom. The van der Waals surface area contributed by atoms with Crippen molar-refractivity contribution >= 4 is 6.03 Å². The summed E-state index contributed by atoms with van der Waals surface area (Å²) in [7, 11) is 0. The van der Waals surface area contributed by atoms with Gasteiger partial charge in [-0.3, -0.25) is 4.90 Å². The lowest BCUT2D eigenvalue weighted by molar-refractivity contribution is 0.111. The molecule has 2 bridgehead atoms. The number of amides is 2. The number of nitrogens with zero attached hydrogens (tertiary/aromatic N) is 1. The Labute approximate surface area is 138 Å². The third-order valence-corrected chi connectivity index (χ3v) is 4.98. The molecule has 3 rings (SSSR count). The Bertz CT molecular complexity index is 543. The van der Waals surface area contributed by atoms with Gasteiger partial charge in [0.2, 0.25) is 0 Å². The zero-order chi connectivity index (χ0) is 16.2. The van der Waals surface area contributed by atoms with Gasteiger partial charge in [0, 0.05) is 31.2 Å². The van der Waals surface area contributed by atoms with E-state index in [1.807, 2.05) is 6.92 Å². The molecule has 4 heteroatoms. The second-order valence-corrected chi connectivity index (χ2v) is 7.00. The molecule has 0 aliphatic carbocycles. The fourth-order valence-corrected chi connectivity index (χ4v) is 3.91. The number of nitrogens with one attached hydrogen (secondary N) is 2. The molecule has 0 radical (unpaired) electrons. The molecule has 2 heterocycles. The molecule has 4 nitrogen and oxygen atoms in total. The third kappa shape index (κ3) is 4.14. The van der Waals surface area contributed by atoms with Gasteiger partial charge in [0.1, 0.15) is 0 Å². The lowest BCUT2D eigenvalue weighted by Gasteiger charge is -2.39. The van der Waals surface area contributed by atoms with Gasteiger partial charge in [-0.15, -0.1) is 0 Å². The van der Waals surface area contributed by atoms with E-state index in [9.17, 15) is 4.79 Å². The molecule has 2 unspecified atom stereocenters. The van der Waals surface area contributed by atoms with E-state index >= 15 is 0 Å². The van der Waals surface area contributed by atoms with Gasteiger partial charge in [0.05, 0.1) is 0 Å². The van der Waals surface area contributed by atoms with Crippen LogP contribution >= 0.6 is 0 Å². The standard InChI is InChI=1S/C19H27N3O/c1-14(2)12-20-19(23)21-16-10-17-8-9-18(11-16)22(17)13-15-6-4-3-5-7-15/h3-7,16-18H,1,8-13H2,2H3,(H2,20,21,23). The molecule has 2 aliphatic heterocycles. The first-order chi connectivity index (χ1) is 11.1. The van der Waals surface area contributed by atoms with E-state index < -0.39 is 0 Å². The van der Waals surface area contributed by atoms with Crippen LogP contribution in [0.5, 0.6) is 0 Å². The van der Waals surface area contributed by atoms with Crippen molar-refractivity contribution in [2.24, 2.45) is 0 Å². The molecule has 1 aromatic carbocycles. The predicted molar refractivity (Wildman–Crippen MR) is 93.2 cm³/mol. The maximum absolute atomic E-state index is 11.9. The maximum Gasteiger partial charge on any atom is 0.315 e. The largest absolute Gasteiger partial charge is 0.335 e. The summed E-state index contributed by atoms with van der Waals surface area (Å²) in [4.78, 5) is 14.6. The topological polar surface area (TPSA) is 44.4 Å². The molecule has 2 N–H and O–H groups in total. The van der Waals surface area contributed by atoms with Crippen LogP contribution in [0.2, 0.25) is 0 Å². The van der Waals surface area contributed by atoms with Crippen LogP contribution in [0.25, 0.3) is 0 Å². The number of urea groups is 1. The average Bonchev–Trinajstić information content (AvgIpc) is 2.77. The Balaban J connectivity index is 1.52. The maximum atomic E-state index is 11.9. The van der Waals surface area contributed by atoms with Gasteiger partial charge >= 0.3 is 6.03 Å². The van der Waals surface area contributed by atoms with Crippen molar-refractivity contribution in [2.45, 2.75) is 57.3 Å². The van der Waals surface area contributed by atoms with Gasteiger partial charge in [-0.25, -0.2) is 4.79 Å². The first kappa shape index (κ1) is 16.1. The number of hydrogen-bond acceptors (Lipinski definition) is 2. The summed E-state index contributed by atoms with van der Waals surface area (Å²) in [6, 6.07) is 12.1. The fourth-order valence-electron chi connectivity index (χ4n) is 3.91. The second kappa shape index (κ2) is 7.18. The number of piperidine rings is 1. The minimum absolute atomic E-state index is 0.0612. The first-order valence-electron chi connectivity index (χ1n) is 8.60. The van der Waals surface area contributed by atoms with Gasteiger partial charge in [-0.2, -0.15) is 0 Å². The van der Waals surface area contributed by atoms with E-state index in [0.29, 0.717) is 24.7 Å². The van der Waals surface area contributed by atoms with Crippen molar-refractivity contribution in [1.29, 1.82) is 0 Å². The number of benzene rings is 1. The molecule has 0 saturated carbocycles. The Morgan fingerprint density at radius 3 is 2.48 bits per heavy atom. The van der Waals surface area contributed by atoms with Crippen LogP contribution in [0.4, 0.5) is 4.79 Å². The molecule has 23 heavy (non-hydrogen) atoms. The van der Waals surface area contributed by atoms with Crippen molar-refractivity contribution in [1.82, 2.24) is 15.5 Å². The summed E-state index contributed by atoms with van der Waals surface area (Å²) in [6.07, 6.45) is 4.62. The summed E-state index contributed by atoms with van der Waals surface area (Å²) in [5.41, 5.74) is 2.35. The molecular weight excluding hydrogens is 286 g/mol. The lowest BCUT2D eigenvalue weighted by Crippen LogP contribution is -2.52. The van der Waals surface area contributed by atoms with E-state index in [4.69, 9.17) is 0 Å². The molecule has 1 aromatic rings. The number of rotatable bonds is 5. The van der Waals surface area contributed by atoms with E-state index in [1.54, 1.807) is 0 Å². The zero-order valence-electron chi connectivity index (χ0n) is 13.9. The average molecular weight is 313 g/mol. The van der Waals surface area contributed by atoms with Crippen LogP contribution in [-0.4, -0.2) is 35.6 Å². The van der Waals surface area contributed by atoms with Crippen LogP contribution < -0.4 is 10.6 Å². The van der Waals surface area contributed by atoms with Gasteiger partial charge < -0.3 is 10.6 Å². The third-order valence-electron chi connectivity index (χ3n) is 4.98. The van der Waals surface area contributed by atoms with E-state index in [2.05, 4.69) is 52.4 Å². The van der Waals surface area contributed by atoms with E-state index in [-0.39, 0.29) is 6.03 Å². The summed E-state index contributed by atoms with van der Waals surface area (Å²) < 4.78 is 0. The highest BCUT2D eigenvalue weighted by Crippen LogP contribution is 2.36. The van der Waals surface area contributed by atoms with E-state index in [0.717, 1.165) is 25.0 Å². The summed E-state index contributed by atoms with van der Waals surface area (Å²) in [6.45, 7) is 7.31. The molecule has 2 amide bonds. The number of carbonyl (C=O) groups excluding carboxylic acids is 1. The van der Waals surface area contributed by atoms with Crippen LogP contribution in [0.3, 0.4) is 0 Å². The minimum Gasteiger partial charge on any atom is -0.335 e. The molecule has 2 atom stereocenters. The molecule has 0 spiro atoms. The zero-order valence-corrected chi connectivity index (χ0v) is 13.9. The monoisotopic (exact) mass is 313 g/mol. The molecule has 2 aliphatic rings. The minimum atomic E-state index is -0.0612. The molecule has 0 aromatic heterocycles. The fraction of sp³-hybridized carbons (Fsp3) is 0.526. The number of hydrogen-bond donors (Lipinski definition) is 2. The Hall–Kier alpha value is -1.81. The second-order valence-electron chi connectivity index (χ2n) is 7.00. The van der Waals surface area contributed by atoms with Gasteiger partial charge in [-0.05, 0) is 38.2 Å². The van der Waals surface area contributed by atoms with Crippen molar-refractivity contribution in [2.75, 3.05) is 6.54 Å². The SMILES string of the molecule is C=C(C)CNC(=O)NC1CC2CCC(C1)N2Cc1ccccc1. The predicted octanol–water partition coefficient (Wildman–Crippen LogP) is 3.06. The summed E-state index contributed by atoms with van der Waals surface area (Å²) >= 11 is 0. The summed E-state index contributed by atoms with van der Waals surface area (Å²) in [5.74, 6) is 0. The smallest absolute Gasteiger partial charge is 0.315 e. The quantitative estimate of drug-likeness (QED) is 0.821. The van der Waals surface area contributed by atoms with Crippen molar-refractivity contribution < 1.29 is 4.79 Å². The van der Waals surface area contributed by atoms with Crippen LogP contribution in [-0.2, 0) is 6.54 Å². The highest BCUT2D eigenvalue weighted by molar-refractivity contribution is 5.74. The Morgan fingerprint density at radius 2 is 1.87 bits per heavy atom. The van der Waals surface area contributed by atoms with Crippen molar-refractivity contribution in [3.8, 4) is 0 Å². The van der Waals surface area contributed by atoms with Gasteiger partial charge in [-0.1, -0.05) is 42.5 Å². The van der Waals surface area contributed by atoms with Crippen LogP contribution in [0.15, 0.2) is 42.5 Å². The molecule has 124 valence electrons. The van der Waals surface area contributed by atoms with Crippen LogP contribution in [0, 0.1) is 0 Å². The molecular formula is C19H27N3O. The summed E-state index contributed by atoms with van der Waals surface area (Å²) in [5, 5.41) is 6.01. The highest BCUT2D eigenvalue weighted by Gasteiger charge is 2.40. The lowest BCUT2D eigenvalue weighted by atomic mass is 9.96. The normalized spacial score (nSPS) is 26.7. The van der Waals surface area contributed by atoms with Crippen molar-refractivity contribution in [3.05, 3.63) is 48.0 Å². The number of fused-ring (bicyclic) bond motifs is 2.